The van der Waals surface area contributed by atoms with E-state index in [9.17, 15) is 0 Å². The molecule has 0 fully saturated rings. The van der Waals surface area contributed by atoms with Gasteiger partial charge in [0.05, 0.1) is 0 Å². The van der Waals surface area contributed by atoms with E-state index in [1.165, 1.54) is 38.5 Å². The van der Waals surface area contributed by atoms with E-state index in [2.05, 4.69) is 25.2 Å². The zero-order chi connectivity index (χ0) is 7.94. The summed E-state index contributed by atoms with van der Waals surface area (Å²) < 4.78 is 0. The van der Waals surface area contributed by atoms with Gasteiger partial charge in [-0.3, -0.25) is 0 Å². The van der Waals surface area contributed by atoms with Gasteiger partial charge in [-0.15, -0.1) is 0 Å². The average Bonchev–Trinajstić information content (AvgIpc) is 2.50. The van der Waals surface area contributed by atoms with Crippen LogP contribution in [-0.2, 0) is 0 Å². The molecule has 0 saturated carbocycles. The van der Waals surface area contributed by atoms with Gasteiger partial charge in [-0.1, -0.05) is 50.0 Å². The Hall–Kier alpha value is -0.520. The number of rotatable bonds is 5. The molecule has 0 heteroatoms. The molecule has 0 unspecified atom stereocenters. The summed E-state index contributed by atoms with van der Waals surface area (Å²) in [5.41, 5.74) is 1.63. The summed E-state index contributed by atoms with van der Waals surface area (Å²) in [4.78, 5) is 0. The lowest BCUT2D eigenvalue weighted by Gasteiger charge is -1.99. The van der Waals surface area contributed by atoms with E-state index in [-0.39, 0.29) is 0 Å². The van der Waals surface area contributed by atoms with Gasteiger partial charge in [-0.25, -0.2) is 0 Å². The number of hydrogen-bond donors (Lipinski definition) is 0. The third-order valence-corrected chi connectivity index (χ3v) is 2.20. The summed E-state index contributed by atoms with van der Waals surface area (Å²) in [6, 6.07) is 0. The molecular weight excluding hydrogens is 132 g/mol. The van der Waals surface area contributed by atoms with Crippen LogP contribution in [0.5, 0.6) is 0 Å². The van der Waals surface area contributed by atoms with Crippen molar-refractivity contribution in [2.24, 2.45) is 0 Å². The van der Waals surface area contributed by atoms with Gasteiger partial charge in [-0.05, 0) is 19.3 Å². The maximum Gasteiger partial charge on any atom is -0.0133 e. The smallest absolute Gasteiger partial charge is 0.0133 e. The Labute approximate surface area is 70.0 Å². The second-order valence-corrected chi connectivity index (χ2v) is 3.27. The first kappa shape index (κ1) is 8.58. The van der Waals surface area contributed by atoms with E-state index >= 15 is 0 Å². The van der Waals surface area contributed by atoms with Gasteiger partial charge in [0.15, 0.2) is 0 Å². The molecule has 1 rings (SSSR count). The normalized spacial score (nSPS) is 15.5. The fraction of sp³-hybridized carbons (Fsp3) is 0.636. The lowest BCUT2D eigenvalue weighted by Crippen LogP contribution is -1.80. The first-order valence-corrected chi connectivity index (χ1v) is 4.78. The lowest BCUT2D eigenvalue weighted by atomic mass is 10.1. The summed E-state index contributed by atoms with van der Waals surface area (Å²) in [6.07, 6.45) is 14.8. The van der Waals surface area contributed by atoms with Crippen LogP contribution in [0.2, 0.25) is 0 Å². The molecule has 1 aliphatic carbocycles. The van der Waals surface area contributed by atoms with Crippen molar-refractivity contribution in [3.63, 3.8) is 0 Å². The molecule has 0 N–H and O–H groups in total. The number of hydrogen-bond acceptors (Lipinski definition) is 0. The van der Waals surface area contributed by atoms with Gasteiger partial charge in [-0.2, -0.15) is 0 Å². The van der Waals surface area contributed by atoms with Crippen molar-refractivity contribution in [2.45, 2.75) is 45.4 Å². The molecule has 62 valence electrons. The van der Waals surface area contributed by atoms with E-state index in [1.807, 2.05) is 0 Å². The Kier molecular flexibility index (Phi) is 4.03. The minimum atomic E-state index is 1.21. The molecule has 0 spiro atoms. The monoisotopic (exact) mass is 150 g/mol. The van der Waals surface area contributed by atoms with Crippen molar-refractivity contribution in [1.82, 2.24) is 0 Å². The van der Waals surface area contributed by atoms with Crippen molar-refractivity contribution >= 4 is 0 Å². The summed E-state index contributed by atoms with van der Waals surface area (Å²) in [6.45, 7) is 2.26. The van der Waals surface area contributed by atoms with E-state index in [0.717, 1.165) is 0 Å². The van der Waals surface area contributed by atoms with Gasteiger partial charge >= 0.3 is 0 Å². The molecule has 1 aliphatic rings. The SMILES string of the molecule is CCCCCCC1=CC=CC1. The minimum absolute atomic E-state index is 1.21. The first-order chi connectivity index (χ1) is 5.43. The summed E-state index contributed by atoms with van der Waals surface area (Å²) in [5.74, 6) is 0. The predicted octanol–water partition coefficient (Wildman–Crippen LogP) is 3.84. The van der Waals surface area contributed by atoms with Crippen LogP contribution in [0.3, 0.4) is 0 Å². The third-order valence-electron chi connectivity index (χ3n) is 2.20. The Morgan fingerprint density at radius 1 is 1.27 bits per heavy atom. The molecule has 11 heavy (non-hydrogen) atoms. The maximum atomic E-state index is 2.27. The summed E-state index contributed by atoms with van der Waals surface area (Å²) in [5, 5.41) is 0. The zero-order valence-electron chi connectivity index (χ0n) is 7.47. The van der Waals surface area contributed by atoms with E-state index in [4.69, 9.17) is 0 Å². The van der Waals surface area contributed by atoms with Crippen molar-refractivity contribution in [3.05, 3.63) is 23.8 Å². The molecule has 0 atom stereocenters. The summed E-state index contributed by atoms with van der Waals surface area (Å²) in [7, 11) is 0. The van der Waals surface area contributed by atoms with Crippen molar-refractivity contribution < 1.29 is 0 Å². The molecule has 0 saturated heterocycles. The Morgan fingerprint density at radius 2 is 2.18 bits per heavy atom. The lowest BCUT2D eigenvalue weighted by molar-refractivity contribution is 0.661. The number of allylic oxidation sites excluding steroid dienone is 4. The van der Waals surface area contributed by atoms with Crippen LogP contribution in [-0.4, -0.2) is 0 Å². The van der Waals surface area contributed by atoms with E-state index in [1.54, 1.807) is 5.57 Å². The van der Waals surface area contributed by atoms with Gasteiger partial charge in [0.1, 0.15) is 0 Å². The fourth-order valence-electron chi connectivity index (χ4n) is 1.46. The van der Waals surface area contributed by atoms with Crippen molar-refractivity contribution in [3.8, 4) is 0 Å². The van der Waals surface area contributed by atoms with Crippen LogP contribution < -0.4 is 0 Å². The fourth-order valence-corrected chi connectivity index (χ4v) is 1.46. The highest BCUT2D eigenvalue weighted by Crippen LogP contribution is 2.17. The van der Waals surface area contributed by atoms with Crippen molar-refractivity contribution in [1.29, 1.82) is 0 Å². The Morgan fingerprint density at radius 3 is 2.82 bits per heavy atom. The largest absolute Gasteiger partial charge is 0.0805 e. The van der Waals surface area contributed by atoms with E-state index in [0.29, 0.717) is 0 Å². The molecule has 0 aromatic carbocycles. The highest BCUT2D eigenvalue weighted by atomic mass is 14.0. The second kappa shape index (κ2) is 5.17. The standard InChI is InChI=1S/C11H18/c1-2-3-4-5-8-11-9-6-7-10-11/h6-7,9H,2-5,8,10H2,1H3. The van der Waals surface area contributed by atoms with Gasteiger partial charge in [0.25, 0.3) is 0 Å². The molecule has 0 nitrogen and oxygen atoms in total. The van der Waals surface area contributed by atoms with Crippen LogP contribution in [0.25, 0.3) is 0 Å². The predicted molar refractivity (Wildman–Crippen MR) is 50.6 cm³/mol. The molecular formula is C11H18. The third kappa shape index (κ3) is 3.41. The molecule has 0 aromatic heterocycles. The molecule has 0 amide bonds. The minimum Gasteiger partial charge on any atom is -0.0805 e. The number of unbranched alkanes of at least 4 members (excludes halogenated alkanes) is 3. The highest BCUT2D eigenvalue weighted by Gasteiger charge is 1.97. The van der Waals surface area contributed by atoms with Crippen molar-refractivity contribution in [2.75, 3.05) is 0 Å². The molecule has 0 aliphatic heterocycles. The first-order valence-electron chi connectivity index (χ1n) is 4.78. The zero-order valence-corrected chi connectivity index (χ0v) is 7.47. The van der Waals surface area contributed by atoms with Crippen LogP contribution in [0.4, 0.5) is 0 Å². The van der Waals surface area contributed by atoms with Gasteiger partial charge in [0, 0.05) is 0 Å². The van der Waals surface area contributed by atoms with Gasteiger partial charge < -0.3 is 0 Å². The van der Waals surface area contributed by atoms with Crippen LogP contribution in [0.1, 0.15) is 45.4 Å². The van der Waals surface area contributed by atoms with Crippen LogP contribution in [0, 0.1) is 0 Å². The van der Waals surface area contributed by atoms with Gasteiger partial charge in [0.2, 0.25) is 0 Å². The van der Waals surface area contributed by atoms with Crippen LogP contribution >= 0.6 is 0 Å². The maximum absolute atomic E-state index is 2.27. The van der Waals surface area contributed by atoms with Crippen LogP contribution in [0.15, 0.2) is 23.8 Å². The molecule has 0 aromatic rings. The molecule has 0 bridgehead atoms. The van der Waals surface area contributed by atoms with E-state index < -0.39 is 0 Å². The second-order valence-electron chi connectivity index (χ2n) is 3.27. The topological polar surface area (TPSA) is 0 Å². The summed E-state index contributed by atoms with van der Waals surface area (Å²) >= 11 is 0. The quantitative estimate of drug-likeness (QED) is 0.522. The highest BCUT2D eigenvalue weighted by molar-refractivity contribution is 5.22. The molecule has 0 heterocycles. The Bertz CT molecular complexity index is 151. The average molecular weight is 150 g/mol. The molecule has 0 radical (unpaired) electrons. The Balaban J connectivity index is 1.95.